The van der Waals surface area contributed by atoms with Gasteiger partial charge in [0.2, 0.25) is 15.9 Å². The molecule has 1 N–H and O–H groups in total. The fourth-order valence-electron chi connectivity index (χ4n) is 4.12. The molecule has 1 aromatic carbocycles. The predicted molar refractivity (Wildman–Crippen MR) is 110 cm³/mol. The standard InChI is InChI=1S/C20H31N3O5S/c1-27-18-8-7-17(14-19(18)28-2)29(25,26)21-10-9-20(24)23-13-5-6-16(23)15-22-11-3-4-12-22/h7-8,14,16,21H,3-6,9-13,15H2,1-2H3. The SMILES string of the molecule is COc1ccc(S(=O)(=O)NCCC(=O)N2CCCC2CN2CCCC2)cc1OC. The second-order valence-electron chi connectivity index (χ2n) is 7.56. The molecule has 0 aliphatic carbocycles. The minimum atomic E-state index is -3.73. The van der Waals surface area contributed by atoms with Crippen LogP contribution in [0.3, 0.4) is 0 Å². The summed E-state index contributed by atoms with van der Waals surface area (Å²) in [5.41, 5.74) is 0. The smallest absolute Gasteiger partial charge is 0.240 e. The van der Waals surface area contributed by atoms with E-state index in [1.807, 2.05) is 4.90 Å². The molecule has 2 heterocycles. The second-order valence-corrected chi connectivity index (χ2v) is 9.32. The molecular weight excluding hydrogens is 394 g/mol. The van der Waals surface area contributed by atoms with E-state index in [1.54, 1.807) is 6.07 Å². The Morgan fingerprint density at radius 2 is 1.83 bits per heavy atom. The van der Waals surface area contributed by atoms with Crippen molar-refractivity contribution < 1.29 is 22.7 Å². The minimum absolute atomic E-state index is 0.0155. The minimum Gasteiger partial charge on any atom is -0.493 e. The lowest BCUT2D eigenvalue weighted by Crippen LogP contribution is -2.43. The van der Waals surface area contributed by atoms with Crippen molar-refractivity contribution in [2.75, 3.05) is 46.9 Å². The van der Waals surface area contributed by atoms with Gasteiger partial charge in [-0.1, -0.05) is 0 Å². The molecule has 0 aromatic heterocycles. The van der Waals surface area contributed by atoms with Crippen molar-refractivity contribution >= 4 is 15.9 Å². The van der Waals surface area contributed by atoms with Gasteiger partial charge in [0.05, 0.1) is 19.1 Å². The average molecular weight is 426 g/mol. The number of ether oxygens (including phenoxy) is 2. The summed E-state index contributed by atoms with van der Waals surface area (Å²) < 4.78 is 37.9. The maximum atomic E-state index is 12.7. The number of sulfonamides is 1. The molecule has 1 amide bonds. The molecule has 0 saturated carbocycles. The van der Waals surface area contributed by atoms with Crippen molar-refractivity contribution in [3.8, 4) is 11.5 Å². The highest BCUT2D eigenvalue weighted by Crippen LogP contribution is 2.29. The summed E-state index contributed by atoms with van der Waals surface area (Å²) in [5, 5.41) is 0. The van der Waals surface area contributed by atoms with Gasteiger partial charge in [-0.3, -0.25) is 4.79 Å². The molecule has 1 atom stereocenters. The summed E-state index contributed by atoms with van der Waals surface area (Å²) in [6.45, 7) is 4.00. The number of carbonyl (C=O) groups is 1. The lowest BCUT2D eigenvalue weighted by molar-refractivity contribution is -0.132. The number of carbonyl (C=O) groups excluding carboxylic acids is 1. The number of nitrogens with one attached hydrogen (secondary N) is 1. The second kappa shape index (κ2) is 9.77. The van der Waals surface area contributed by atoms with Crippen molar-refractivity contribution in [3.63, 3.8) is 0 Å². The van der Waals surface area contributed by atoms with Crippen molar-refractivity contribution in [3.05, 3.63) is 18.2 Å². The topological polar surface area (TPSA) is 88.2 Å². The third kappa shape index (κ3) is 5.40. The van der Waals surface area contributed by atoms with Crippen LogP contribution in [0.4, 0.5) is 0 Å². The quantitative estimate of drug-likeness (QED) is 0.644. The van der Waals surface area contributed by atoms with E-state index in [0.29, 0.717) is 11.5 Å². The number of hydrogen-bond donors (Lipinski definition) is 1. The molecule has 3 rings (SSSR count). The van der Waals surface area contributed by atoms with E-state index >= 15 is 0 Å². The van der Waals surface area contributed by atoms with Crippen LogP contribution < -0.4 is 14.2 Å². The fourth-order valence-corrected chi connectivity index (χ4v) is 5.17. The number of likely N-dealkylation sites (tertiary alicyclic amines) is 2. The number of rotatable bonds is 9. The van der Waals surface area contributed by atoms with Crippen molar-refractivity contribution in [1.82, 2.24) is 14.5 Å². The lowest BCUT2D eigenvalue weighted by atomic mass is 10.2. The number of hydrogen-bond acceptors (Lipinski definition) is 6. The molecule has 0 radical (unpaired) electrons. The molecule has 8 nitrogen and oxygen atoms in total. The van der Waals surface area contributed by atoms with E-state index < -0.39 is 10.0 Å². The van der Waals surface area contributed by atoms with Gasteiger partial charge in [0.15, 0.2) is 11.5 Å². The van der Waals surface area contributed by atoms with Gasteiger partial charge in [0, 0.05) is 38.2 Å². The van der Waals surface area contributed by atoms with Crippen molar-refractivity contribution in [2.24, 2.45) is 0 Å². The maximum absolute atomic E-state index is 12.7. The van der Waals surface area contributed by atoms with E-state index in [2.05, 4.69) is 9.62 Å². The average Bonchev–Trinajstić information content (AvgIpc) is 3.39. The number of amides is 1. The van der Waals surface area contributed by atoms with Gasteiger partial charge in [-0.25, -0.2) is 13.1 Å². The first-order valence-corrected chi connectivity index (χ1v) is 11.7. The predicted octanol–water partition coefficient (Wildman–Crippen LogP) is 1.46. The Morgan fingerprint density at radius 3 is 2.52 bits per heavy atom. The third-order valence-corrected chi connectivity index (χ3v) is 7.12. The molecule has 2 aliphatic rings. The van der Waals surface area contributed by atoms with Crippen LogP contribution in [0, 0.1) is 0 Å². The van der Waals surface area contributed by atoms with Gasteiger partial charge in [0.25, 0.3) is 0 Å². The Bertz CT molecular complexity index is 808. The molecular formula is C20H31N3O5S. The summed E-state index contributed by atoms with van der Waals surface area (Å²) in [7, 11) is -0.789. The molecule has 29 heavy (non-hydrogen) atoms. The maximum Gasteiger partial charge on any atom is 0.240 e. The van der Waals surface area contributed by atoms with Crippen LogP contribution in [0.2, 0.25) is 0 Å². The van der Waals surface area contributed by atoms with Crippen LogP contribution >= 0.6 is 0 Å². The van der Waals surface area contributed by atoms with E-state index in [9.17, 15) is 13.2 Å². The third-order valence-electron chi connectivity index (χ3n) is 5.66. The molecule has 9 heteroatoms. The summed E-state index contributed by atoms with van der Waals surface area (Å²) in [4.78, 5) is 17.1. The zero-order valence-corrected chi connectivity index (χ0v) is 18.0. The monoisotopic (exact) mass is 425 g/mol. The lowest BCUT2D eigenvalue weighted by Gasteiger charge is -2.28. The highest BCUT2D eigenvalue weighted by atomic mass is 32.2. The van der Waals surface area contributed by atoms with Gasteiger partial charge in [-0.2, -0.15) is 0 Å². The first kappa shape index (κ1) is 21.9. The molecule has 1 aromatic rings. The van der Waals surface area contributed by atoms with Gasteiger partial charge < -0.3 is 19.3 Å². The Morgan fingerprint density at radius 1 is 1.10 bits per heavy atom. The van der Waals surface area contributed by atoms with Crippen LogP contribution in [-0.2, 0) is 14.8 Å². The van der Waals surface area contributed by atoms with Crippen LogP contribution in [-0.4, -0.2) is 77.1 Å². The largest absolute Gasteiger partial charge is 0.493 e. The summed E-state index contributed by atoms with van der Waals surface area (Å²) in [5.74, 6) is 0.815. The molecule has 0 spiro atoms. The van der Waals surface area contributed by atoms with Gasteiger partial charge in [-0.15, -0.1) is 0 Å². The normalized spacial score (nSPS) is 20.2. The zero-order valence-electron chi connectivity index (χ0n) is 17.2. The van der Waals surface area contributed by atoms with E-state index in [4.69, 9.17) is 9.47 Å². The van der Waals surface area contributed by atoms with E-state index in [-0.39, 0.29) is 29.8 Å². The Balaban J connectivity index is 1.53. The Hall–Kier alpha value is -1.84. The fraction of sp³-hybridized carbons (Fsp3) is 0.650. The van der Waals surface area contributed by atoms with Crippen LogP contribution in [0.25, 0.3) is 0 Å². The van der Waals surface area contributed by atoms with Gasteiger partial charge in [-0.05, 0) is 50.9 Å². The molecule has 162 valence electrons. The molecule has 2 aliphatic heterocycles. The molecule has 0 bridgehead atoms. The van der Waals surface area contributed by atoms with E-state index in [0.717, 1.165) is 39.0 Å². The van der Waals surface area contributed by atoms with Crippen molar-refractivity contribution in [1.29, 1.82) is 0 Å². The van der Waals surface area contributed by atoms with Crippen LogP contribution in [0.1, 0.15) is 32.1 Å². The Labute approximate surface area is 173 Å². The van der Waals surface area contributed by atoms with Crippen LogP contribution in [0.15, 0.2) is 23.1 Å². The highest BCUT2D eigenvalue weighted by molar-refractivity contribution is 7.89. The number of benzene rings is 1. The summed E-state index contributed by atoms with van der Waals surface area (Å²) in [6.07, 6.45) is 4.67. The Kier molecular flexibility index (Phi) is 7.37. The number of nitrogens with zero attached hydrogens (tertiary/aromatic N) is 2. The van der Waals surface area contributed by atoms with Gasteiger partial charge in [0.1, 0.15) is 0 Å². The first-order chi connectivity index (χ1) is 13.9. The zero-order chi connectivity index (χ0) is 20.9. The first-order valence-electron chi connectivity index (χ1n) is 10.2. The van der Waals surface area contributed by atoms with E-state index in [1.165, 1.54) is 39.2 Å². The van der Waals surface area contributed by atoms with Crippen molar-refractivity contribution in [2.45, 2.75) is 43.0 Å². The van der Waals surface area contributed by atoms with Crippen LogP contribution in [0.5, 0.6) is 11.5 Å². The highest BCUT2D eigenvalue weighted by Gasteiger charge is 2.30. The molecule has 2 saturated heterocycles. The summed E-state index contributed by atoms with van der Waals surface area (Å²) >= 11 is 0. The van der Waals surface area contributed by atoms with Gasteiger partial charge >= 0.3 is 0 Å². The molecule has 1 unspecified atom stereocenters. The number of methoxy groups -OCH3 is 2. The molecule has 2 fully saturated rings. The summed E-state index contributed by atoms with van der Waals surface area (Å²) in [6, 6.07) is 4.67.